The van der Waals surface area contributed by atoms with Gasteiger partial charge < -0.3 is 31.2 Å². The molecule has 4 aromatic heterocycles. The van der Waals surface area contributed by atoms with Gasteiger partial charge in [-0.15, -0.1) is 23.5 Å². The number of sulfone groups is 2. The van der Waals surface area contributed by atoms with Crippen LogP contribution in [-0.4, -0.2) is 104 Å². The first-order chi connectivity index (χ1) is 33.0. The van der Waals surface area contributed by atoms with Crippen LogP contribution < -0.4 is 21.3 Å². The standard InChI is InChI=1S/C46H48F2N12O6S4/c1-21-49-35-29(51-27-11-9-23(14-31(27)69(5,63)64)43-59-45(2,3)19-67-43)16-34(53-38(35)50-21)56-42(62)26-13-25(26)18-46(4)20-68-44(60-46)24-10-12-28(32(15-24)70(6,65)66)52-30-17-33(55-41(61)22-7-8-22)54-39-36(30)57-40(58-39)37(47)48/h9-12,14-17,22,25-26,37H,7-8,13,18-20H2,1-6H3,(H3,49,50,51,53,56,62)(H3,52,54,55,57,58,61). The van der Waals surface area contributed by atoms with Gasteiger partial charge in [-0.25, -0.2) is 45.6 Å². The minimum Gasteiger partial charge on any atom is -0.353 e. The third-order valence-electron chi connectivity index (χ3n) is 12.3. The minimum atomic E-state index is -3.87. The molecule has 70 heavy (non-hydrogen) atoms. The van der Waals surface area contributed by atoms with Crippen LogP contribution >= 0.6 is 23.5 Å². The van der Waals surface area contributed by atoms with Gasteiger partial charge in [-0.1, -0.05) is 12.1 Å². The van der Waals surface area contributed by atoms with Crippen molar-refractivity contribution in [1.29, 1.82) is 0 Å². The number of halogens is 2. The van der Waals surface area contributed by atoms with Crippen molar-refractivity contribution in [2.75, 3.05) is 45.3 Å². The highest BCUT2D eigenvalue weighted by Crippen LogP contribution is 2.48. The van der Waals surface area contributed by atoms with Crippen LogP contribution in [0.2, 0.25) is 0 Å². The molecule has 3 unspecified atom stereocenters. The summed E-state index contributed by atoms with van der Waals surface area (Å²) in [6, 6.07) is 13.1. The van der Waals surface area contributed by atoms with Gasteiger partial charge in [0.25, 0.3) is 6.43 Å². The second-order valence-corrected chi connectivity index (χ2v) is 25.1. The third kappa shape index (κ3) is 9.99. The fourth-order valence-corrected chi connectivity index (χ4v) is 12.7. The number of rotatable bonds is 15. The van der Waals surface area contributed by atoms with E-state index in [-0.39, 0.29) is 79.1 Å². The number of nitrogens with one attached hydrogen (secondary N) is 6. The molecule has 0 saturated heterocycles. The first-order valence-electron chi connectivity index (χ1n) is 22.3. The molecule has 3 atom stereocenters. The Labute approximate surface area is 409 Å². The molecule has 6 heterocycles. The lowest BCUT2D eigenvalue weighted by Gasteiger charge is -2.19. The van der Waals surface area contributed by atoms with Gasteiger partial charge in [-0.2, -0.15) is 0 Å². The summed E-state index contributed by atoms with van der Waals surface area (Å²) in [7, 11) is -7.57. The Morgan fingerprint density at radius 2 is 1.27 bits per heavy atom. The lowest BCUT2D eigenvalue weighted by atomic mass is 9.97. The highest BCUT2D eigenvalue weighted by molar-refractivity contribution is 8.15. The van der Waals surface area contributed by atoms with E-state index in [1.807, 2.05) is 26.8 Å². The van der Waals surface area contributed by atoms with Crippen LogP contribution in [0.5, 0.6) is 0 Å². The summed E-state index contributed by atoms with van der Waals surface area (Å²) in [6.07, 6.45) is 1.98. The summed E-state index contributed by atoms with van der Waals surface area (Å²) in [6.45, 7) is 7.84. The van der Waals surface area contributed by atoms with Crippen LogP contribution in [0.25, 0.3) is 22.3 Å². The Morgan fingerprint density at radius 3 is 1.81 bits per heavy atom. The van der Waals surface area contributed by atoms with Crippen molar-refractivity contribution in [1.82, 2.24) is 29.9 Å². The number of benzene rings is 2. The number of nitrogens with zero attached hydrogens (tertiary/aromatic N) is 6. The highest BCUT2D eigenvalue weighted by Gasteiger charge is 2.48. The van der Waals surface area contributed by atoms with E-state index >= 15 is 0 Å². The van der Waals surface area contributed by atoms with E-state index < -0.39 is 37.5 Å². The first kappa shape index (κ1) is 47.7. The van der Waals surface area contributed by atoms with Gasteiger partial charge in [-0.3, -0.25) is 19.6 Å². The maximum absolute atomic E-state index is 13.8. The van der Waals surface area contributed by atoms with E-state index in [9.17, 15) is 35.2 Å². The van der Waals surface area contributed by atoms with Crippen molar-refractivity contribution >= 4 is 122 Å². The van der Waals surface area contributed by atoms with Crippen LogP contribution in [-0.2, 0) is 29.3 Å². The Hall–Kier alpha value is -5.98. The van der Waals surface area contributed by atoms with Gasteiger partial charge in [0.15, 0.2) is 36.8 Å². The number of H-pyrrole nitrogens is 2. The molecule has 0 bridgehead atoms. The van der Waals surface area contributed by atoms with E-state index in [1.54, 1.807) is 49.0 Å². The van der Waals surface area contributed by atoms with Gasteiger partial charge in [0, 0.05) is 59.1 Å². The number of aromatic nitrogens is 6. The summed E-state index contributed by atoms with van der Waals surface area (Å²) in [5.74, 6) is 0.702. The number of pyridine rings is 2. The van der Waals surface area contributed by atoms with Crippen LogP contribution in [0.1, 0.15) is 75.7 Å². The zero-order valence-corrected chi connectivity index (χ0v) is 42.0. The fraction of sp³-hybridized carbons (Fsp3) is 0.391. The van der Waals surface area contributed by atoms with Crippen LogP contribution in [0.4, 0.5) is 43.2 Å². The molecule has 2 fully saturated rings. The Kier molecular flexibility index (Phi) is 11.9. The van der Waals surface area contributed by atoms with Crippen molar-refractivity contribution in [3.05, 3.63) is 71.3 Å². The molecule has 4 aliphatic rings. The van der Waals surface area contributed by atoms with E-state index in [4.69, 9.17) is 9.98 Å². The summed E-state index contributed by atoms with van der Waals surface area (Å²) in [5.41, 5.74) is 2.51. The van der Waals surface area contributed by atoms with Crippen molar-refractivity contribution in [3.63, 3.8) is 0 Å². The topological polar surface area (TPSA) is 258 Å². The predicted octanol–water partition coefficient (Wildman–Crippen LogP) is 8.31. The predicted molar refractivity (Wildman–Crippen MR) is 270 cm³/mol. The normalized spacial score (nSPS) is 21.0. The number of imidazole rings is 2. The quantitative estimate of drug-likeness (QED) is 0.0566. The lowest BCUT2D eigenvalue weighted by Crippen LogP contribution is -2.24. The second kappa shape index (κ2) is 17.4. The van der Waals surface area contributed by atoms with Gasteiger partial charge in [0.1, 0.15) is 28.5 Å². The van der Waals surface area contributed by atoms with E-state index in [0.717, 1.165) is 36.1 Å². The van der Waals surface area contributed by atoms with Crippen LogP contribution in [0.15, 0.2) is 68.3 Å². The number of anilines is 6. The molecule has 2 saturated carbocycles. The average molecular weight is 1030 g/mol. The molecular weight excluding hydrogens is 983 g/mol. The molecule has 2 aliphatic carbocycles. The van der Waals surface area contributed by atoms with Crippen LogP contribution in [0, 0.1) is 24.7 Å². The Bertz CT molecular complexity index is 3480. The number of carbonyl (C=O) groups is 2. The maximum atomic E-state index is 13.8. The number of fused-ring (bicyclic) bond motifs is 2. The van der Waals surface area contributed by atoms with Crippen LogP contribution in [0.3, 0.4) is 0 Å². The zero-order valence-electron chi connectivity index (χ0n) is 38.7. The molecule has 10 rings (SSSR count). The smallest absolute Gasteiger partial charge is 0.295 e. The lowest BCUT2D eigenvalue weighted by molar-refractivity contribution is -0.118. The number of thioether (sulfide) groups is 2. The Balaban J connectivity index is 0.844. The molecule has 2 aliphatic heterocycles. The summed E-state index contributed by atoms with van der Waals surface area (Å²) in [5, 5.41) is 13.4. The summed E-state index contributed by atoms with van der Waals surface area (Å²) in [4.78, 5) is 59.3. The number of amides is 2. The molecule has 2 amide bonds. The minimum absolute atomic E-state index is 0.00840. The fourth-order valence-electron chi connectivity index (χ4n) is 8.63. The number of carbonyl (C=O) groups excluding carboxylic acids is 2. The molecule has 2 aromatic carbocycles. The maximum Gasteiger partial charge on any atom is 0.295 e. The average Bonchev–Trinajstić information content (AvgIpc) is 4.08. The number of aromatic amines is 2. The number of hydrogen-bond acceptors (Lipinski definition) is 16. The number of aliphatic imine (C=N–C) groups is 2. The molecule has 18 nitrogen and oxygen atoms in total. The van der Waals surface area contributed by atoms with Crippen molar-refractivity contribution < 1.29 is 35.2 Å². The van der Waals surface area contributed by atoms with E-state index in [1.165, 1.54) is 23.9 Å². The van der Waals surface area contributed by atoms with E-state index in [2.05, 4.69) is 51.2 Å². The summed E-state index contributed by atoms with van der Waals surface area (Å²) < 4.78 is 80.3. The molecule has 6 aromatic rings. The zero-order chi connectivity index (χ0) is 49.7. The second-order valence-electron chi connectivity index (χ2n) is 19.2. The van der Waals surface area contributed by atoms with Crippen molar-refractivity contribution in [2.45, 2.75) is 80.7 Å². The molecule has 366 valence electrons. The van der Waals surface area contributed by atoms with E-state index in [0.29, 0.717) is 63.1 Å². The van der Waals surface area contributed by atoms with Gasteiger partial charge in [-0.05, 0) is 83.6 Å². The molecule has 0 spiro atoms. The SMILES string of the molecule is Cc1nc2nc(NC(=O)C3CC3CC3(C)CSC(c4ccc(Nc5cc(NC(=O)C6CC6)nc6nc(C(F)F)[nH]c56)c(S(C)(=O)=O)c4)=N3)cc(Nc3ccc(C4=NC(C)(C)CS4)cc3S(C)(=O)=O)c2[nH]1. The molecule has 6 N–H and O–H groups in total. The summed E-state index contributed by atoms with van der Waals surface area (Å²) >= 11 is 3.06. The monoisotopic (exact) mass is 1030 g/mol. The van der Waals surface area contributed by atoms with Crippen molar-refractivity contribution in [2.24, 2.45) is 27.7 Å². The largest absolute Gasteiger partial charge is 0.353 e. The van der Waals surface area contributed by atoms with Gasteiger partial charge >= 0.3 is 0 Å². The number of aryl methyl sites for hydroxylation is 1. The third-order valence-corrected chi connectivity index (χ3v) is 17.4. The van der Waals surface area contributed by atoms with Gasteiger partial charge in [0.2, 0.25) is 11.8 Å². The highest BCUT2D eigenvalue weighted by atomic mass is 32.2. The van der Waals surface area contributed by atoms with Gasteiger partial charge in [0.05, 0.1) is 53.7 Å². The molecule has 24 heteroatoms. The Morgan fingerprint density at radius 1 is 0.729 bits per heavy atom. The number of hydrogen-bond donors (Lipinski definition) is 6. The molecular formula is C46H48F2N12O6S4. The molecule has 0 radical (unpaired) electrons. The first-order valence-corrected chi connectivity index (χ1v) is 28.1. The van der Waals surface area contributed by atoms with Crippen molar-refractivity contribution in [3.8, 4) is 0 Å². The number of alkyl halides is 2.